The van der Waals surface area contributed by atoms with E-state index in [0.29, 0.717) is 16.2 Å². The number of carbonyl (C=O) groups is 2. The molecule has 0 heterocycles. The van der Waals surface area contributed by atoms with Crippen LogP contribution in [0.15, 0.2) is 53.4 Å². The quantitative estimate of drug-likeness (QED) is 0.475. The standard InChI is InChI=1S/C18H18FNO3S/c1-13-5-4-6-14(11-13)18(22)20-12-17(21)23-9-10-24-16-8-3-2-7-15(16)19/h2-8,11H,9-10,12H2,1H3,(H,20,22). The molecule has 0 spiro atoms. The molecule has 0 unspecified atom stereocenters. The number of hydrogen-bond acceptors (Lipinski definition) is 4. The molecular weight excluding hydrogens is 329 g/mol. The van der Waals surface area contributed by atoms with E-state index in [1.807, 2.05) is 13.0 Å². The molecule has 0 radical (unpaired) electrons. The fourth-order valence-electron chi connectivity index (χ4n) is 1.96. The van der Waals surface area contributed by atoms with Crippen LogP contribution >= 0.6 is 11.8 Å². The number of rotatable bonds is 7. The summed E-state index contributed by atoms with van der Waals surface area (Å²) in [5, 5.41) is 2.51. The Morgan fingerprint density at radius 3 is 2.71 bits per heavy atom. The van der Waals surface area contributed by atoms with Crippen LogP contribution in [-0.4, -0.2) is 30.8 Å². The Morgan fingerprint density at radius 2 is 1.96 bits per heavy atom. The second-order valence-electron chi connectivity index (χ2n) is 5.05. The van der Waals surface area contributed by atoms with Gasteiger partial charge in [-0.1, -0.05) is 29.8 Å². The molecule has 0 aromatic heterocycles. The van der Waals surface area contributed by atoms with Crippen LogP contribution in [0.25, 0.3) is 0 Å². The molecule has 2 rings (SSSR count). The Kier molecular flexibility index (Phi) is 6.81. The number of benzene rings is 2. The summed E-state index contributed by atoms with van der Waals surface area (Å²) in [5.41, 5.74) is 1.47. The molecule has 0 aliphatic heterocycles. The van der Waals surface area contributed by atoms with Crippen LogP contribution in [0, 0.1) is 12.7 Å². The molecule has 0 fully saturated rings. The third kappa shape index (κ3) is 5.70. The SMILES string of the molecule is Cc1cccc(C(=O)NCC(=O)OCCSc2ccccc2F)c1. The Morgan fingerprint density at radius 1 is 1.17 bits per heavy atom. The number of thioether (sulfide) groups is 1. The molecule has 0 aliphatic carbocycles. The maximum atomic E-state index is 13.4. The molecule has 0 saturated heterocycles. The van der Waals surface area contributed by atoms with Gasteiger partial charge in [-0.3, -0.25) is 9.59 Å². The second kappa shape index (κ2) is 9.08. The monoisotopic (exact) mass is 347 g/mol. The minimum atomic E-state index is -0.523. The third-order valence-electron chi connectivity index (χ3n) is 3.11. The molecule has 6 heteroatoms. The van der Waals surface area contributed by atoms with Crippen LogP contribution in [0.5, 0.6) is 0 Å². The van der Waals surface area contributed by atoms with Gasteiger partial charge in [0.05, 0.1) is 0 Å². The lowest BCUT2D eigenvalue weighted by Crippen LogP contribution is -2.31. The van der Waals surface area contributed by atoms with Crippen molar-refractivity contribution in [2.45, 2.75) is 11.8 Å². The van der Waals surface area contributed by atoms with Crippen molar-refractivity contribution in [3.63, 3.8) is 0 Å². The van der Waals surface area contributed by atoms with Crippen molar-refractivity contribution >= 4 is 23.6 Å². The highest BCUT2D eigenvalue weighted by molar-refractivity contribution is 7.99. The summed E-state index contributed by atoms with van der Waals surface area (Å²) in [4.78, 5) is 24.0. The average molecular weight is 347 g/mol. The Bertz CT molecular complexity index is 721. The Hall–Kier alpha value is -2.34. The molecular formula is C18H18FNO3S. The van der Waals surface area contributed by atoms with E-state index in [-0.39, 0.29) is 24.9 Å². The topological polar surface area (TPSA) is 55.4 Å². The van der Waals surface area contributed by atoms with Gasteiger partial charge in [-0.2, -0.15) is 0 Å². The number of amides is 1. The molecule has 1 N–H and O–H groups in total. The maximum absolute atomic E-state index is 13.4. The van der Waals surface area contributed by atoms with Crippen molar-refractivity contribution in [1.29, 1.82) is 0 Å². The van der Waals surface area contributed by atoms with Gasteiger partial charge in [-0.25, -0.2) is 4.39 Å². The highest BCUT2D eigenvalue weighted by atomic mass is 32.2. The van der Waals surface area contributed by atoms with E-state index >= 15 is 0 Å². The van der Waals surface area contributed by atoms with E-state index in [9.17, 15) is 14.0 Å². The van der Waals surface area contributed by atoms with Crippen LogP contribution in [0.1, 0.15) is 15.9 Å². The normalized spacial score (nSPS) is 10.2. The summed E-state index contributed by atoms with van der Waals surface area (Å²) in [7, 11) is 0. The molecule has 0 saturated carbocycles. The van der Waals surface area contributed by atoms with Gasteiger partial charge in [-0.15, -0.1) is 11.8 Å². The van der Waals surface area contributed by atoms with Gasteiger partial charge in [-0.05, 0) is 31.2 Å². The first-order valence-electron chi connectivity index (χ1n) is 7.44. The van der Waals surface area contributed by atoms with Crippen molar-refractivity contribution in [3.8, 4) is 0 Å². The lowest BCUT2D eigenvalue weighted by atomic mass is 10.1. The fraction of sp³-hybridized carbons (Fsp3) is 0.222. The van der Waals surface area contributed by atoms with Crippen LogP contribution in [0.2, 0.25) is 0 Å². The van der Waals surface area contributed by atoms with Gasteiger partial charge >= 0.3 is 5.97 Å². The molecule has 0 aliphatic rings. The largest absolute Gasteiger partial charge is 0.463 e. The number of carbonyl (C=O) groups excluding carboxylic acids is 2. The molecule has 0 atom stereocenters. The number of hydrogen-bond donors (Lipinski definition) is 1. The van der Waals surface area contributed by atoms with Crippen molar-refractivity contribution < 1.29 is 18.7 Å². The summed E-state index contributed by atoms with van der Waals surface area (Å²) in [6.07, 6.45) is 0. The van der Waals surface area contributed by atoms with Gasteiger partial charge in [0.2, 0.25) is 0 Å². The summed E-state index contributed by atoms with van der Waals surface area (Å²) in [6, 6.07) is 13.5. The van der Waals surface area contributed by atoms with E-state index in [4.69, 9.17) is 4.74 Å². The van der Waals surface area contributed by atoms with E-state index in [1.54, 1.807) is 36.4 Å². The molecule has 4 nitrogen and oxygen atoms in total. The first-order chi connectivity index (χ1) is 11.6. The predicted molar refractivity (Wildman–Crippen MR) is 91.6 cm³/mol. The van der Waals surface area contributed by atoms with Crippen molar-refractivity contribution in [2.24, 2.45) is 0 Å². The number of halogens is 1. The average Bonchev–Trinajstić information content (AvgIpc) is 2.58. The van der Waals surface area contributed by atoms with Crippen molar-refractivity contribution in [1.82, 2.24) is 5.32 Å². The Balaban J connectivity index is 1.66. The van der Waals surface area contributed by atoms with Gasteiger partial charge in [0.15, 0.2) is 0 Å². The van der Waals surface area contributed by atoms with Crippen LogP contribution in [0.3, 0.4) is 0 Å². The lowest BCUT2D eigenvalue weighted by Gasteiger charge is -2.07. The highest BCUT2D eigenvalue weighted by Gasteiger charge is 2.09. The zero-order valence-corrected chi connectivity index (χ0v) is 14.1. The molecule has 2 aromatic rings. The predicted octanol–water partition coefficient (Wildman–Crippen LogP) is 3.20. The maximum Gasteiger partial charge on any atom is 0.325 e. The summed E-state index contributed by atoms with van der Waals surface area (Å²) in [6.45, 7) is 1.84. The third-order valence-corrected chi connectivity index (χ3v) is 4.13. The lowest BCUT2D eigenvalue weighted by molar-refractivity contribution is -0.141. The second-order valence-corrected chi connectivity index (χ2v) is 6.19. The first kappa shape index (κ1) is 18.0. The summed E-state index contributed by atoms with van der Waals surface area (Å²) >= 11 is 1.27. The first-order valence-corrected chi connectivity index (χ1v) is 8.42. The molecule has 2 aromatic carbocycles. The minimum absolute atomic E-state index is 0.151. The highest BCUT2D eigenvalue weighted by Crippen LogP contribution is 2.20. The summed E-state index contributed by atoms with van der Waals surface area (Å²) in [5.74, 6) is -0.695. The zero-order chi connectivity index (χ0) is 17.4. The van der Waals surface area contributed by atoms with Crippen LogP contribution < -0.4 is 5.32 Å². The number of ether oxygens (including phenoxy) is 1. The van der Waals surface area contributed by atoms with Gasteiger partial charge < -0.3 is 10.1 Å². The van der Waals surface area contributed by atoms with E-state index < -0.39 is 5.97 Å². The van der Waals surface area contributed by atoms with Crippen molar-refractivity contribution in [3.05, 3.63) is 65.5 Å². The molecule has 0 bridgehead atoms. The number of aryl methyl sites for hydroxylation is 1. The summed E-state index contributed by atoms with van der Waals surface area (Å²) < 4.78 is 18.4. The van der Waals surface area contributed by atoms with Crippen molar-refractivity contribution in [2.75, 3.05) is 18.9 Å². The number of esters is 1. The van der Waals surface area contributed by atoms with Crippen LogP contribution in [0.4, 0.5) is 4.39 Å². The van der Waals surface area contributed by atoms with Gasteiger partial charge in [0.1, 0.15) is 19.0 Å². The van der Waals surface area contributed by atoms with E-state index in [1.165, 1.54) is 17.8 Å². The van der Waals surface area contributed by atoms with Gasteiger partial charge in [0, 0.05) is 16.2 Å². The minimum Gasteiger partial charge on any atom is -0.463 e. The molecule has 1 amide bonds. The van der Waals surface area contributed by atoms with Gasteiger partial charge in [0.25, 0.3) is 5.91 Å². The zero-order valence-electron chi connectivity index (χ0n) is 13.3. The Labute approximate surface area is 144 Å². The van der Waals surface area contributed by atoms with Crippen LogP contribution in [-0.2, 0) is 9.53 Å². The number of nitrogens with one attached hydrogen (secondary N) is 1. The molecule has 126 valence electrons. The smallest absolute Gasteiger partial charge is 0.325 e. The van der Waals surface area contributed by atoms with E-state index in [2.05, 4.69) is 5.32 Å². The van der Waals surface area contributed by atoms with E-state index in [0.717, 1.165) is 5.56 Å². The molecule has 24 heavy (non-hydrogen) atoms. The fourth-order valence-corrected chi connectivity index (χ4v) is 2.73.